The van der Waals surface area contributed by atoms with E-state index in [1.807, 2.05) is 31.2 Å². The third-order valence-corrected chi connectivity index (χ3v) is 4.73. The number of methoxy groups -OCH3 is 1. The average Bonchev–Trinajstić information content (AvgIpc) is 2.70. The highest BCUT2D eigenvalue weighted by molar-refractivity contribution is 5.70. The number of hydrogen-bond acceptors (Lipinski definition) is 4. The number of ether oxygens (including phenoxy) is 3. The van der Waals surface area contributed by atoms with Crippen LogP contribution in [0.4, 0.5) is 0 Å². The van der Waals surface area contributed by atoms with Crippen molar-refractivity contribution in [3.05, 3.63) is 77.0 Å². The van der Waals surface area contributed by atoms with E-state index in [0.717, 1.165) is 40.1 Å². The first-order valence-corrected chi connectivity index (χ1v) is 9.95. The number of pyridine rings is 1. The smallest absolute Gasteiger partial charge is 0.213 e. The lowest BCUT2D eigenvalue weighted by molar-refractivity contribution is 0.170. The van der Waals surface area contributed by atoms with E-state index in [1.165, 1.54) is 5.56 Å². The fourth-order valence-corrected chi connectivity index (χ4v) is 3.38. The van der Waals surface area contributed by atoms with Crippen molar-refractivity contribution >= 4 is 0 Å². The van der Waals surface area contributed by atoms with E-state index in [4.69, 9.17) is 14.2 Å². The van der Waals surface area contributed by atoms with Crippen LogP contribution in [-0.4, -0.2) is 25.3 Å². The van der Waals surface area contributed by atoms with Gasteiger partial charge in [-0.25, -0.2) is 4.98 Å². The predicted octanol–water partition coefficient (Wildman–Crippen LogP) is 5.67. The van der Waals surface area contributed by atoms with Crippen LogP contribution in [0.5, 0.6) is 11.6 Å². The van der Waals surface area contributed by atoms with E-state index in [9.17, 15) is 0 Å². The molecule has 0 unspecified atom stereocenters. The molecule has 0 bridgehead atoms. The Morgan fingerprint density at radius 2 is 1.69 bits per heavy atom. The second kappa shape index (κ2) is 10.1. The lowest BCUT2D eigenvalue weighted by atomic mass is 9.98. The van der Waals surface area contributed by atoms with Crippen LogP contribution in [0, 0.1) is 20.8 Å². The molecule has 0 aliphatic carbocycles. The van der Waals surface area contributed by atoms with E-state index < -0.39 is 0 Å². The monoisotopic (exact) mass is 391 g/mol. The highest BCUT2D eigenvalue weighted by atomic mass is 16.5. The molecule has 0 fully saturated rings. The molecule has 1 aromatic heterocycles. The summed E-state index contributed by atoms with van der Waals surface area (Å²) in [6, 6.07) is 18.6. The SMILES string of the molecule is COCCCOc1cc(C)c(-c2cccc(COc3cccc(C)c3)c2)c(C)n1. The Morgan fingerprint density at radius 3 is 2.45 bits per heavy atom. The van der Waals surface area contributed by atoms with Crippen LogP contribution in [0.15, 0.2) is 54.6 Å². The molecule has 3 rings (SSSR count). The molecule has 0 spiro atoms. The van der Waals surface area contributed by atoms with Gasteiger partial charge >= 0.3 is 0 Å². The first-order chi connectivity index (χ1) is 14.1. The molecule has 0 atom stereocenters. The number of aryl methyl sites for hydroxylation is 3. The van der Waals surface area contributed by atoms with Crippen LogP contribution >= 0.6 is 0 Å². The lowest BCUT2D eigenvalue weighted by Crippen LogP contribution is -2.04. The summed E-state index contributed by atoms with van der Waals surface area (Å²) in [5, 5.41) is 0. The zero-order valence-corrected chi connectivity index (χ0v) is 17.7. The number of benzene rings is 2. The normalized spacial score (nSPS) is 10.8. The van der Waals surface area contributed by atoms with Crippen molar-refractivity contribution in [2.45, 2.75) is 33.8 Å². The molecule has 152 valence electrons. The molecule has 4 heteroatoms. The maximum absolute atomic E-state index is 5.96. The van der Waals surface area contributed by atoms with Crippen molar-refractivity contribution in [1.82, 2.24) is 4.98 Å². The molecule has 0 saturated carbocycles. The Bertz CT molecular complexity index is 929. The minimum absolute atomic E-state index is 0.531. The van der Waals surface area contributed by atoms with E-state index in [-0.39, 0.29) is 0 Å². The Balaban J connectivity index is 1.74. The second-order valence-electron chi connectivity index (χ2n) is 7.24. The van der Waals surface area contributed by atoms with Gasteiger partial charge < -0.3 is 14.2 Å². The predicted molar refractivity (Wildman–Crippen MR) is 117 cm³/mol. The summed E-state index contributed by atoms with van der Waals surface area (Å²) in [6.45, 7) is 8.01. The Morgan fingerprint density at radius 1 is 0.862 bits per heavy atom. The first kappa shape index (κ1) is 20.9. The van der Waals surface area contributed by atoms with E-state index >= 15 is 0 Å². The molecule has 4 nitrogen and oxygen atoms in total. The summed E-state index contributed by atoms with van der Waals surface area (Å²) in [7, 11) is 1.70. The van der Waals surface area contributed by atoms with Crippen LogP contribution in [0.2, 0.25) is 0 Å². The van der Waals surface area contributed by atoms with Gasteiger partial charge in [0, 0.05) is 37.5 Å². The molecule has 0 aliphatic rings. The quantitative estimate of drug-likeness (QED) is 0.441. The van der Waals surface area contributed by atoms with Crippen molar-refractivity contribution in [2.24, 2.45) is 0 Å². The van der Waals surface area contributed by atoms with Crippen LogP contribution in [0.3, 0.4) is 0 Å². The number of aromatic nitrogens is 1. The largest absolute Gasteiger partial charge is 0.489 e. The van der Waals surface area contributed by atoms with E-state index in [1.54, 1.807) is 7.11 Å². The van der Waals surface area contributed by atoms with Gasteiger partial charge in [-0.3, -0.25) is 0 Å². The van der Waals surface area contributed by atoms with Crippen LogP contribution in [0.1, 0.15) is 28.8 Å². The standard InChI is InChI=1S/C25H29NO3/c1-18-8-5-11-23(14-18)29-17-21-9-6-10-22(16-21)25-19(2)15-24(26-20(25)3)28-13-7-12-27-4/h5-6,8-11,14-16H,7,12-13,17H2,1-4H3. The number of nitrogens with zero attached hydrogens (tertiary/aromatic N) is 1. The van der Waals surface area contributed by atoms with Crippen molar-refractivity contribution < 1.29 is 14.2 Å². The van der Waals surface area contributed by atoms with Gasteiger partial charge in [0.25, 0.3) is 0 Å². The Hall–Kier alpha value is -2.85. The second-order valence-corrected chi connectivity index (χ2v) is 7.24. The highest BCUT2D eigenvalue weighted by Crippen LogP contribution is 2.29. The molecule has 0 amide bonds. The van der Waals surface area contributed by atoms with Gasteiger partial charge in [0.15, 0.2) is 0 Å². The summed E-state index contributed by atoms with van der Waals surface area (Å²) in [5.74, 6) is 1.55. The van der Waals surface area contributed by atoms with Crippen molar-refractivity contribution in [2.75, 3.05) is 20.3 Å². The Labute approximate surface area is 173 Å². The molecule has 0 saturated heterocycles. The number of rotatable bonds is 9. The lowest BCUT2D eigenvalue weighted by Gasteiger charge is -2.14. The van der Waals surface area contributed by atoms with Crippen LogP contribution in [-0.2, 0) is 11.3 Å². The summed E-state index contributed by atoms with van der Waals surface area (Å²) in [4.78, 5) is 4.65. The Kier molecular flexibility index (Phi) is 7.25. The van der Waals surface area contributed by atoms with Crippen LogP contribution in [0.25, 0.3) is 11.1 Å². The van der Waals surface area contributed by atoms with Crippen molar-refractivity contribution in [3.8, 4) is 22.8 Å². The maximum Gasteiger partial charge on any atom is 0.213 e. The first-order valence-electron chi connectivity index (χ1n) is 9.95. The maximum atomic E-state index is 5.96. The molecule has 3 aromatic rings. The third-order valence-electron chi connectivity index (χ3n) is 4.73. The van der Waals surface area contributed by atoms with Gasteiger partial charge in [0.2, 0.25) is 5.88 Å². The van der Waals surface area contributed by atoms with Gasteiger partial charge in [0.1, 0.15) is 12.4 Å². The van der Waals surface area contributed by atoms with Gasteiger partial charge in [-0.15, -0.1) is 0 Å². The summed E-state index contributed by atoms with van der Waals surface area (Å²) in [5.41, 5.74) is 6.72. The van der Waals surface area contributed by atoms with Crippen LogP contribution < -0.4 is 9.47 Å². The van der Waals surface area contributed by atoms with E-state index in [2.05, 4.69) is 49.2 Å². The topological polar surface area (TPSA) is 40.6 Å². The highest BCUT2D eigenvalue weighted by Gasteiger charge is 2.11. The van der Waals surface area contributed by atoms with Crippen molar-refractivity contribution in [3.63, 3.8) is 0 Å². The molecular formula is C25H29NO3. The third kappa shape index (κ3) is 5.81. The molecule has 2 aromatic carbocycles. The summed E-state index contributed by atoms with van der Waals surface area (Å²) >= 11 is 0. The molecule has 0 radical (unpaired) electrons. The fourth-order valence-electron chi connectivity index (χ4n) is 3.38. The summed E-state index contributed by atoms with van der Waals surface area (Å²) < 4.78 is 16.8. The van der Waals surface area contributed by atoms with Gasteiger partial charge in [-0.2, -0.15) is 0 Å². The molecule has 1 heterocycles. The van der Waals surface area contributed by atoms with Gasteiger partial charge in [-0.05, 0) is 61.2 Å². The minimum Gasteiger partial charge on any atom is -0.489 e. The van der Waals surface area contributed by atoms with Gasteiger partial charge in [-0.1, -0.05) is 30.3 Å². The zero-order chi connectivity index (χ0) is 20.6. The fraction of sp³-hybridized carbons (Fsp3) is 0.320. The van der Waals surface area contributed by atoms with E-state index in [0.29, 0.717) is 25.7 Å². The zero-order valence-electron chi connectivity index (χ0n) is 17.7. The van der Waals surface area contributed by atoms with Crippen molar-refractivity contribution in [1.29, 1.82) is 0 Å². The average molecular weight is 392 g/mol. The molecular weight excluding hydrogens is 362 g/mol. The molecule has 29 heavy (non-hydrogen) atoms. The molecule has 0 aliphatic heterocycles. The van der Waals surface area contributed by atoms with Gasteiger partial charge in [0.05, 0.1) is 6.61 Å². The molecule has 0 N–H and O–H groups in total. The number of hydrogen-bond donors (Lipinski definition) is 0. The summed E-state index contributed by atoms with van der Waals surface area (Å²) in [6.07, 6.45) is 0.848. The minimum atomic E-state index is 0.531.